The van der Waals surface area contributed by atoms with E-state index in [1.807, 2.05) is 21.0 Å². The van der Waals surface area contributed by atoms with Crippen molar-refractivity contribution in [2.45, 2.75) is 20.8 Å². The van der Waals surface area contributed by atoms with Crippen LogP contribution in [0.3, 0.4) is 0 Å². The van der Waals surface area contributed by atoms with Gasteiger partial charge >= 0.3 is 5.97 Å². The van der Waals surface area contributed by atoms with Gasteiger partial charge < -0.3 is 10.1 Å². The molecular formula is C9H19NO2. The molecule has 72 valence electrons. The molecule has 0 bridgehead atoms. The molecule has 0 amide bonds. The smallest absolute Gasteiger partial charge is 0.333 e. The Morgan fingerprint density at radius 3 is 2.17 bits per heavy atom. The Labute approximate surface area is 74.8 Å². The standard InChI is InChI=1S/C7H12O2.C2H7N/c1-4-6(3)7(8)9-5-2;1-3-2/h4H,5H2,1-3H3;3H,1-2H3. The van der Waals surface area contributed by atoms with Gasteiger partial charge in [-0.25, -0.2) is 4.79 Å². The van der Waals surface area contributed by atoms with E-state index in [1.165, 1.54) is 0 Å². The van der Waals surface area contributed by atoms with E-state index in [2.05, 4.69) is 10.1 Å². The predicted octanol–water partition coefficient (Wildman–Crippen LogP) is 1.35. The summed E-state index contributed by atoms with van der Waals surface area (Å²) in [6, 6.07) is 0. The maximum Gasteiger partial charge on any atom is 0.333 e. The van der Waals surface area contributed by atoms with Crippen LogP contribution in [0.1, 0.15) is 20.8 Å². The first-order chi connectivity index (χ1) is 5.63. The van der Waals surface area contributed by atoms with Gasteiger partial charge in [0.2, 0.25) is 0 Å². The summed E-state index contributed by atoms with van der Waals surface area (Å²) in [5.74, 6) is -0.222. The number of hydrogen-bond donors (Lipinski definition) is 1. The lowest BCUT2D eigenvalue weighted by Crippen LogP contribution is -2.04. The highest BCUT2D eigenvalue weighted by Gasteiger charge is 2.00. The normalized spacial score (nSPS) is 9.92. The highest BCUT2D eigenvalue weighted by atomic mass is 16.5. The second kappa shape index (κ2) is 10.2. The largest absolute Gasteiger partial charge is 0.463 e. The monoisotopic (exact) mass is 173 g/mol. The number of carbonyl (C=O) groups excluding carboxylic acids is 1. The molecule has 0 aromatic rings. The van der Waals surface area contributed by atoms with Gasteiger partial charge in [0.1, 0.15) is 0 Å². The van der Waals surface area contributed by atoms with Crippen molar-refractivity contribution in [3.8, 4) is 0 Å². The zero-order chi connectivity index (χ0) is 9.98. The molecule has 0 aliphatic carbocycles. The lowest BCUT2D eigenvalue weighted by molar-refractivity contribution is -0.138. The maximum absolute atomic E-state index is 10.7. The summed E-state index contributed by atoms with van der Waals surface area (Å²) in [5, 5.41) is 2.75. The van der Waals surface area contributed by atoms with E-state index in [-0.39, 0.29) is 5.97 Å². The Morgan fingerprint density at radius 2 is 1.92 bits per heavy atom. The zero-order valence-electron chi connectivity index (χ0n) is 8.60. The summed E-state index contributed by atoms with van der Waals surface area (Å²) < 4.78 is 4.69. The van der Waals surface area contributed by atoms with E-state index >= 15 is 0 Å². The van der Waals surface area contributed by atoms with Crippen molar-refractivity contribution in [2.24, 2.45) is 0 Å². The fourth-order valence-electron chi connectivity index (χ4n) is 0.363. The Balaban J connectivity index is 0. The van der Waals surface area contributed by atoms with Crippen LogP contribution in [0.15, 0.2) is 11.6 Å². The lowest BCUT2D eigenvalue weighted by Gasteiger charge is -1.98. The third-order valence-electron chi connectivity index (χ3n) is 1.03. The molecule has 0 radical (unpaired) electrons. The molecule has 0 unspecified atom stereocenters. The van der Waals surface area contributed by atoms with E-state index in [0.29, 0.717) is 12.2 Å². The number of ether oxygens (including phenoxy) is 1. The third kappa shape index (κ3) is 9.17. The van der Waals surface area contributed by atoms with Crippen molar-refractivity contribution in [2.75, 3.05) is 20.7 Å². The lowest BCUT2D eigenvalue weighted by atomic mass is 10.3. The van der Waals surface area contributed by atoms with Gasteiger partial charge in [-0.15, -0.1) is 0 Å². The molecule has 0 aromatic heterocycles. The van der Waals surface area contributed by atoms with Crippen LogP contribution in [-0.4, -0.2) is 26.7 Å². The van der Waals surface area contributed by atoms with Crippen LogP contribution >= 0.6 is 0 Å². The number of nitrogens with one attached hydrogen (secondary N) is 1. The summed E-state index contributed by atoms with van der Waals surface area (Å²) >= 11 is 0. The highest BCUT2D eigenvalue weighted by molar-refractivity contribution is 5.87. The summed E-state index contributed by atoms with van der Waals surface area (Å²) in [6.07, 6.45) is 1.73. The van der Waals surface area contributed by atoms with Gasteiger partial charge in [-0.1, -0.05) is 6.08 Å². The van der Waals surface area contributed by atoms with Crippen LogP contribution in [0.5, 0.6) is 0 Å². The molecule has 0 saturated carbocycles. The Morgan fingerprint density at radius 1 is 1.50 bits per heavy atom. The van der Waals surface area contributed by atoms with E-state index in [0.717, 1.165) is 0 Å². The molecule has 0 rings (SSSR count). The average molecular weight is 173 g/mol. The SMILES string of the molecule is CC=C(C)C(=O)OCC.CNC. The minimum absolute atomic E-state index is 0.222. The molecule has 0 aliphatic rings. The summed E-state index contributed by atoms with van der Waals surface area (Å²) in [7, 11) is 3.75. The molecule has 0 saturated heterocycles. The van der Waals surface area contributed by atoms with Crippen molar-refractivity contribution in [1.82, 2.24) is 5.32 Å². The minimum atomic E-state index is -0.222. The number of rotatable bonds is 2. The molecule has 3 nitrogen and oxygen atoms in total. The Bertz CT molecular complexity index is 141. The molecule has 0 heterocycles. The fraction of sp³-hybridized carbons (Fsp3) is 0.667. The zero-order valence-corrected chi connectivity index (χ0v) is 8.60. The fourth-order valence-corrected chi connectivity index (χ4v) is 0.363. The van der Waals surface area contributed by atoms with E-state index in [4.69, 9.17) is 0 Å². The number of allylic oxidation sites excluding steroid dienone is 1. The van der Waals surface area contributed by atoms with Crippen LogP contribution in [0.2, 0.25) is 0 Å². The van der Waals surface area contributed by atoms with Crippen molar-refractivity contribution < 1.29 is 9.53 Å². The van der Waals surface area contributed by atoms with Gasteiger partial charge in [-0.05, 0) is 34.9 Å². The van der Waals surface area contributed by atoms with Gasteiger partial charge in [-0.3, -0.25) is 0 Å². The highest BCUT2D eigenvalue weighted by Crippen LogP contribution is 1.94. The van der Waals surface area contributed by atoms with E-state index in [1.54, 1.807) is 19.9 Å². The summed E-state index contributed by atoms with van der Waals surface area (Å²) in [5.41, 5.74) is 0.664. The third-order valence-corrected chi connectivity index (χ3v) is 1.03. The molecule has 1 N–H and O–H groups in total. The first kappa shape index (κ1) is 13.7. The van der Waals surface area contributed by atoms with Gasteiger partial charge in [0.15, 0.2) is 0 Å². The van der Waals surface area contributed by atoms with Gasteiger partial charge in [0, 0.05) is 5.57 Å². The molecule has 3 heteroatoms. The molecule has 0 atom stereocenters. The first-order valence-electron chi connectivity index (χ1n) is 4.02. The van der Waals surface area contributed by atoms with Crippen molar-refractivity contribution in [3.63, 3.8) is 0 Å². The average Bonchev–Trinajstić information content (AvgIpc) is 2.05. The Kier molecular flexibility index (Phi) is 11.6. The van der Waals surface area contributed by atoms with Crippen molar-refractivity contribution >= 4 is 5.97 Å². The van der Waals surface area contributed by atoms with Gasteiger partial charge in [0.25, 0.3) is 0 Å². The molecule has 0 spiro atoms. The van der Waals surface area contributed by atoms with Crippen LogP contribution in [-0.2, 0) is 9.53 Å². The van der Waals surface area contributed by atoms with Gasteiger partial charge in [-0.2, -0.15) is 0 Å². The molecular weight excluding hydrogens is 154 g/mol. The van der Waals surface area contributed by atoms with E-state index in [9.17, 15) is 4.79 Å². The van der Waals surface area contributed by atoms with Crippen LogP contribution in [0, 0.1) is 0 Å². The van der Waals surface area contributed by atoms with Gasteiger partial charge in [0.05, 0.1) is 6.61 Å². The quantitative estimate of drug-likeness (QED) is 0.506. The number of esters is 1. The van der Waals surface area contributed by atoms with E-state index < -0.39 is 0 Å². The van der Waals surface area contributed by atoms with Crippen LogP contribution < -0.4 is 5.32 Å². The molecule has 0 fully saturated rings. The second-order valence-corrected chi connectivity index (χ2v) is 2.19. The summed E-state index contributed by atoms with van der Waals surface area (Å²) in [4.78, 5) is 10.7. The second-order valence-electron chi connectivity index (χ2n) is 2.19. The predicted molar refractivity (Wildman–Crippen MR) is 51.0 cm³/mol. The van der Waals surface area contributed by atoms with Crippen LogP contribution in [0.25, 0.3) is 0 Å². The minimum Gasteiger partial charge on any atom is -0.463 e. The molecule has 0 aromatic carbocycles. The van der Waals surface area contributed by atoms with Crippen molar-refractivity contribution in [1.29, 1.82) is 0 Å². The van der Waals surface area contributed by atoms with Crippen LogP contribution in [0.4, 0.5) is 0 Å². The maximum atomic E-state index is 10.7. The first-order valence-corrected chi connectivity index (χ1v) is 4.02. The molecule has 12 heavy (non-hydrogen) atoms. The topological polar surface area (TPSA) is 38.3 Å². The Hall–Kier alpha value is -0.830. The number of carbonyl (C=O) groups is 1. The number of hydrogen-bond acceptors (Lipinski definition) is 3. The summed E-state index contributed by atoms with van der Waals surface area (Å²) in [6.45, 7) is 5.79. The molecule has 0 aliphatic heterocycles. The van der Waals surface area contributed by atoms with Crippen molar-refractivity contribution in [3.05, 3.63) is 11.6 Å².